The van der Waals surface area contributed by atoms with Crippen LogP contribution in [0.4, 0.5) is 0 Å². The summed E-state index contributed by atoms with van der Waals surface area (Å²) in [6.45, 7) is 3.91. The van der Waals surface area contributed by atoms with Crippen LogP contribution in [-0.4, -0.2) is 17.8 Å². The molecule has 2 nitrogen and oxygen atoms in total. The van der Waals surface area contributed by atoms with Gasteiger partial charge in [0.25, 0.3) is 5.91 Å². The van der Waals surface area contributed by atoms with Crippen molar-refractivity contribution in [2.24, 2.45) is 0 Å². The molecule has 1 N–H and O–H groups in total. The summed E-state index contributed by atoms with van der Waals surface area (Å²) in [4.78, 5) is 11.9. The molecule has 4 heteroatoms. The van der Waals surface area contributed by atoms with Crippen molar-refractivity contribution in [3.63, 3.8) is 0 Å². The van der Waals surface area contributed by atoms with E-state index in [1.165, 1.54) is 0 Å². The van der Waals surface area contributed by atoms with E-state index in [0.717, 1.165) is 16.5 Å². The van der Waals surface area contributed by atoms with Gasteiger partial charge in [-0.3, -0.25) is 4.79 Å². The Hall–Kier alpha value is -0.540. The first kappa shape index (κ1) is 13.5. The van der Waals surface area contributed by atoms with E-state index >= 15 is 0 Å². The van der Waals surface area contributed by atoms with Crippen LogP contribution in [0.3, 0.4) is 0 Å². The summed E-state index contributed by atoms with van der Waals surface area (Å²) in [5.41, 5.74) is 1.72. The number of hydrogen-bond acceptors (Lipinski definition) is 1. The van der Waals surface area contributed by atoms with Crippen LogP contribution in [0.5, 0.6) is 0 Å². The zero-order valence-electron chi connectivity index (χ0n) is 9.39. The predicted molar refractivity (Wildman–Crippen MR) is 71.1 cm³/mol. The van der Waals surface area contributed by atoms with Crippen LogP contribution in [0, 0.1) is 6.92 Å². The van der Waals surface area contributed by atoms with Crippen LogP contribution in [0.2, 0.25) is 0 Å². The van der Waals surface area contributed by atoms with Crippen LogP contribution in [0.1, 0.15) is 29.3 Å². The molecule has 0 bridgehead atoms. The number of halogens is 2. The molecule has 0 aliphatic heterocycles. The van der Waals surface area contributed by atoms with Crippen LogP contribution < -0.4 is 5.32 Å². The van der Waals surface area contributed by atoms with E-state index in [2.05, 4.69) is 21.2 Å². The molecule has 0 saturated carbocycles. The first-order chi connectivity index (χ1) is 7.56. The lowest BCUT2D eigenvalue weighted by atomic mass is 10.1. The minimum absolute atomic E-state index is 0.0619. The van der Waals surface area contributed by atoms with E-state index in [4.69, 9.17) is 11.6 Å². The number of carbonyl (C=O) groups excluding carboxylic acids is 1. The fourth-order valence-electron chi connectivity index (χ4n) is 1.36. The van der Waals surface area contributed by atoms with Gasteiger partial charge in [-0.05, 0) is 47.8 Å². The number of carbonyl (C=O) groups is 1. The van der Waals surface area contributed by atoms with Gasteiger partial charge in [0.1, 0.15) is 0 Å². The van der Waals surface area contributed by atoms with E-state index in [-0.39, 0.29) is 11.9 Å². The molecule has 0 radical (unpaired) electrons. The first-order valence-corrected chi connectivity index (χ1v) is 6.51. The molecular formula is C12H15BrClNO. The SMILES string of the molecule is Cc1cccc(C(=O)NC(C)CCCl)c1Br. The molecular weight excluding hydrogens is 289 g/mol. The van der Waals surface area contributed by atoms with E-state index in [1.807, 2.05) is 26.0 Å². The summed E-state index contributed by atoms with van der Waals surface area (Å²) in [5.74, 6) is 0.490. The van der Waals surface area contributed by atoms with Gasteiger partial charge in [-0.25, -0.2) is 0 Å². The minimum atomic E-state index is -0.0619. The van der Waals surface area contributed by atoms with Gasteiger partial charge in [-0.15, -0.1) is 11.6 Å². The fraction of sp³-hybridized carbons (Fsp3) is 0.417. The Kier molecular flexibility index (Phi) is 5.29. The number of alkyl halides is 1. The molecule has 1 aromatic carbocycles. The molecule has 1 amide bonds. The Morgan fingerprint density at radius 3 is 2.88 bits per heavy atom. The largest absolute Gasteiger partial charge is 0.350 e. The van der Waals surface area contributed by atoms with Crippen molar-refractivity contribution >= 4 is 33.4 Å². The zero-order valence-corrected chi connectivity index (χ0v) is 11.7. The van der Waals surface area contributed by atoms with Crippen molar-refractivity contribution < 1.29 is 4.79 Å². The lowest BCUT2D eigenvalue weighted by Gasteiger charge is -2.13. The quantitative estimate of drug-likeness (QED) is 0.848. The number of hydrogen-bond donors (Lipinski definition) is 1. The van der Waals surface area contributed by atoms with Crippen molar-refractivity contribution in [1.29, 1.82) is 0 Å². The highest BCUT2D eigenvalue weighted by atomic mass is 79.9. The van der Waals surface area contributed by atoms with Crippen LogP contribution in [0.15, 0.2) is 22.7 Å². The van der Waals surface area contributed by atoms with Crippen molar-refractivity contribution in [2.75, 3.05) is 5.88 Å². The molecule has 0 aliphatic carbocycles. The molecule has 0 aliphatic rings. The molecule has 0 aromatic heterocycles. The second kappa shape index (κ2) is 6.26. The summed E-state index contributed by atoms with van der Waals surface area (Å²) >= 11 is 9.04. The van der Waals surface area contributed by atoms with Gasteiger partial charge in [0.15, 0.2) is 0 Å². The fourth-order valence-corrected chi connectivity index (χ4v) is 2.13. The topological polar surface area (TPSA) is 29.1 Å². The van der Waals surface area contributed by atoms with Gasteiger partial charge >= 0.3 is 0 Å². The molecule has 0 saturated heterocycles. The maximum Gasteiger partial charge on any atom is 0.252 e. The van der Waals surface area contributed by atoms with Crippen molar-refractivity contribution in [1.82, 2.24) is 5.32 Å². The predicted octanol–water partition coefficient (Wildman–Crippen LogP) is 3.50. The van der Waals surface area contributed by atoms with Crippen molar-refractivity contribution in [3.8, 4) is 0 Å². The third kappa shape index (κ3) is 3.49. The highest BCUT2D eigenvalue weighted by Crippen LogP contribution is 2.20. The van der Waals surface area contributed by atoms with Crippen LogP contribution in [-0.2, 0) is 0 Å². The maximum absolute atomic E-state index is 11.9. The lowest BCUT2D eigenvalue weighted by Crippen LogP contribution is -2.33. The summed E-state index contributed by atoms with van der Waals surface area (Å²) in [6, 6.07) is 5.74. The van der Waals surface area contributed by atoms with Gasteiger partial charge in [-0.2, -0.15) is 0 Å². The molecule has 1 rings (SSSR count). The smallest absolute Gasteiger partial charge is 0.252 e. The maximum atomic E-state index is 11.9. The first-order valence-electron chi connectivity index (χ1n) is 5.18. The number of amides is 1. The summed E-state index contributed by atoms with van der Waals surface area (Å²) < 4.78 is 0.852. The average molecular weight is 305 g/mol. The third-order valence-corrected chi connectivity index (χ3v) is 3.63. The Morgan fingerprint density at radius 2 is 2.25 bits per heavy atom. The normalized spacial score (nSPS) is 12.2. The Balaban J connectivity index is 2.77. The number of nitrogens with one attached hydrogen (secondary N) is 1. The average Bonchev–Trinajstić information content (AvgIpc) is 2.22. The minimum Gasteiger partial charge on any atom is -0.350 e. The molecule has 0 fully saturated rings. The Labute approximate surface area is 110 Å². The molecule has 1 unspecified atom stereocenters. The molecule has 1 aromatic rings. The number of rotatable bonds is 4. The Morgan fingerprint density at radius 1 is 1.56 bits per heavy atom. The number of aryl methyl sites for hydroxylation is 1. The second-order valence-corrected chi connectivity index (χ2v) is 4.96. The molecule has 0 heterocycles. The van der Waals surface area contributed by atoms with E-state index in [1.54, 1.807) is 6.07 Å². The second-order valence-electron chi connectivity index (χ2n) is 3.79. The Bertz CT molecular complexity index is 381. The zero-order chi connectivity index (χ0) is 12.1. The van der Waals surface area contributed by atoms with Gasteiger partial charge in [-0.1, -0.05) is 12.1 Å². The van der Waals surface area contributed by atoms with E-state index < -0.39 is 0 Å². The van der Waals surface area contributed by atoms with Crippen LogP contribution >= 0.6 is 27.5 Å². The van der Waals surface area contributed by atoms with E-state index in [0.29, 0.717) is 11.4 Å². The highest BCUT2D eigenvalue weighted by molar-refractivity contribution is 9.10. The third-order valence-electron chi connectivity index (χ3n) is 2.36. The highest BCUT2D eigenvalue weighted by Gasteiger charge is 2.13. The molecule has 1 atom stereocenters. The van der Waals surface area contributed by atoms with Gasteiger partial charge in [0.05, 0.1) is 5.56 Å². The van der Waals surface area contributed by atoms with Gasteiger partial charge in [0, 0.05) is 16.4 Å². The van der Waals surface area contributed by atoms with E-state index in [9.17, 15) is 4.79 Å². The molecule has 16 heavy (non-hydrogen) atoms. The summed E-state index contributed by atoms with van der Waals surface area (Å²) in [6.07, 6.45) is 0.775. The van der Waals surface area contributed by atoms with Crippen molar-refractivity contribution in [2.45, 2.75) is 26.3 Å². The monoisotopic (exact) mass is 303 g/mol. The molecule has 0 spiro atoms. The molecule has 88 valence electrons. The van der Waals surface area contributed by atoms with Crippen molar-refractivity contribution in [3.05, 3.63) is 33.8 Å². The van der Waals surface area contributed by atoms with Gasteiger partial charge in [0.2, 0.25) is 0 Å². The number of benzene rings is 1. The van der Waals surface area contributed by atoms with Crippen LogP contribution in [0.25, 0.3) is 0 Å². The van der Waals surface area contributed by atoms with Gasteiger partial charge < -0.3 is 5.32 Å². The summed E-state index contributed by atoms with van der Waals surface area (Å²) in [7, 11) is 0. The standard InChI is InChI=1S/C12H15BrClNO/c1-8-4-3-5-10(11(8)13)12(16)15-9(2)6-7-14/h3-5,9H,6-7H2,1-2H3,(H,15,16). The lowest BCUT2D eigenvalue weighted by molar-refractivity contribution is 0.0938. The summed E-state index contributed by atoms with van der Waals surface area (Å²) in [5, 5.41) is 2.91.